The fourth-order valence-electron chi connectivity index (χ4n) is 3.18. The summed E-state index contributed by atoms with van der Waals surface area (Å²) in [4.78, 5) is 18.4. The van der Waals surface area contributed by atoms with Crippen LogP contribution in [0.3, 0.4) is 0 Å². The maximum Gasteiger partial charge on any atom is 0.229 e. The molecule has 0 saturated carbocycles. The molecule has 0 aliphatic carbocycles. The minimum Gasteiger partial charge on any atom is -0.493 e. The van der Waals surface area contributed by atoms with Crippen molar-refractivity contribution in [1.82, 2.24) is 19.9 Å². The Morgan fingerprint density at radius 2 is 1.94 bits per heavy atom. The molecule has 3 rings (SSSR count). The number of anilines is 2. The first kappa shape index (κ1) is 22.8. The lowest BCUT2D eigenvalue weighted by Gasteiger charge is -2.27. The van der Waals surface area contributed by atoms with Crippen LogP contribution in [0.4, 0.5) is 11.9 Å². The van der Waals surface area contributed by atoms with Gasteiger partial charge in [-0.1, -0.05) is 19.1 Å². The number of benzene rings is 1. The molecule has 0 aliphatic heterocycles. The molecule has 166 valence electrons. The molecule has 9 heteroatoms. The largest absolute Gasteiger partial charge is 0.493 e. The molecule has 0 spiro atoms. The van der Waals surface area contributed by atoms with Crippen LogP contribution in [0.1, 0.15) is 36.2 Å². The highest BCUT2D eigenvalue weighted by Crippen LogP contribution is 2.31. The van der Waals surface area contributed by atoms with Crippen molar-refractivity contribution in [2.24, 2.45) is 0 Å². The Labute approximate surface area is 187 Å². The van der Waals surface area contributed by atoms with Gasteiger partial charge in [-0.15, -0.1) is 11.3 Å². The molecule has 8 nitrogen and oxygen atoms in total. The molecule has 2 aromatic heterocycles. The van der Waals surface area contributed by atoms with E-state index in [-0.39, 0.29) is 12.0 Å². The van der Waals surface area contributed by atoms with Crippen molar-refractivity contribution in [3.8, 4) is 11.5 Å². The number of ether oxygens (including phenoxy) is 2. The number of nitrogen functional groups attached to an aromatic ring is 1. The molecule has 2 N–H and O–H groups in total. The van der Waals surface area contributed by atoms with Gasteiger partial charge in [0.15, 0.2) is 17.3 Å². The maximum absolute atomic E-state index is 5.95. The number of hydrogen-bond donors (Lipinski definition) is 1. The number of thiophene rings is 1. The molecule has 0 unspecified atom stereocenters. The minimum absolute atomic E-state index is 0.0326. The monoisotopic (exact) mass is 442 g/mol. The first-order valence-electron chi connectivity index (χ1n) is 10.2. The standard InChI is InChI=1S/C22H30N6O2S/c1-6-28(15(2)20-24-21(23)26-22(25-20)27(3)4)13-16-9-10-18(19(12-16)29-5)30-14-17-8-7-11-31-17/h7-12,15H,6,13-14H2,1-5H3,(H2,23,24,25,26)/t15-/m1/s1. The molecule has 0 radical (unpaired) electrons. The third kappa shape index (κ3) is 5.83. The first-order chi connectivity index (χ1) is 14.9. The van der Waals surface area contributed by atoms with E-state index in [1.165, 1.54) is 4.88 Å². The van der Waals surface area contributed by atoms with Crippen molar-refractivity contribution >= 4 is 23.2 Å². The van der Waals surface area contributed by atoms with Crippen molar-refractivity contribution < 1.29 is 9.47 Å². The zero-order valence-corrected chi connectivity index (χ0v) is 19.5. The maximum atomic E-state index is 5.95. The molecule has 3 aromatic rings. The molecular formula is C22H30N6O2S. The van der Waals surface area contributed by atoms with Crippen molar-refractivity contribution in [3.63, 3.8) is 0 Å². The fraction of sp³-hybridized carbons (Fsp3) is 0.409. The van der Waals surface area contributed by atoms with Gasteiger partial charge in [0.05, 0.1) is 13.2 Å². The topological polar surface area (TPSA) is 89.6 Å². The van der Waals surface area contributed by atoms with E-state index in [2.05, 4.69) is 45.8 Å². The highest BCUT2D eigenvalue weighted by molar-refractivity contribution is 7.09. The van der Waals surface area contributed by atoms with E-state index < -0.39 is 0 Å². The molecule has 0 aliphatic rings. The van der Waals surface area contributed by atoms with Crippen LogP contribution < -0.4 is 20.1 Å². The highest BCUT2D eigenvalue weighted by Gasteiger charge is 2.20. The summed E-state index contributed by atoms with van der Waals surface area (Å²) in [5, 5.41) is 2.04. The van der Waals surface area contributed by atoms with E-state index in [9.17, 15) is 0 Å². The molecule has 2 heterocycles. The second-order valence-electron chi connectivity index (χ2n) is 7.34. The predicted molar refractivity (Wildman–Crippen MR) is 125 cm³/mol. The molecular weight excluding hydrogens is 412 g/mol. The van der Waals surface area contributed by atoms with Gasteiger partial charge >= 0.3 is 0 Å². The van der Waals surface area contributed by atoms with Gasteiger partial charge in [-0.25, -0.2) is 0 Å². The zero-order chi connectivity index (χ0) is 22.4. The molecule has 1 aromatic carbocycles. The van der Waals surface area contributed by atoms with E-state index >= 15 is 0 Å². The van der Waals surface area contributed by atoms with Crippen molar-refractivity contribution in [2.75, 3.05) is 38.4 Å². The number of nitrogens with two attached hydrogens (primary N) is 1. The van der Waals surface area contributed by atoms with Crippen molar-refractivity contribution in [3.05, 3.63) is 52.0 Å². The number of rotatable bonds is 10. The molecule has 0 bridgehead atoms. The van der Waals surface area contributed by atoms with Crippen LogP contribution >= 0.6 is 11.3 Å². The summed E-state index contributed by atoms with van der Waals surface area (Å²) >= 11 is 1.67. The van der Waals surface area contributed by atoms with Gasteiger partial charge in [-0.3, -0.25) is 4.90 Å². The summed E-state index contributed by atoms with van der Waals surface area (Å²) in [6.07, 6.45) is 0. The van der Waals surface area contributed by atoms with Crippen LogP contribution in [0.2, 0.25) is 0 Å². The second kappa shape index (κ2) is 10.4. The quantitative estimate of drug-likeness (QED) is 0.508. The first-order valence-corrected chi connectivity index (χ1v) is 11.0. The van der Waals surface area contributed by atoms with Crippen LogP contribution in [-0.2, 0) is 13.2 Å². The smallest absolute Gasteiger partial charge is 0.229 e. The second-order valence-corrected chi connectivity index (χ2v) is 8.37. The van der Waals surface area contributed by atoms with Gasteiger partial charge in [-0.05, 0) is 42.6 Å². The van der Waals surface area contributed by atoms with E-state index in [0.29, 0.717) is 24.9 Å². The summed E-state index contributed by atoms with van der Waals surface area (Å²) in [6, 6.07) is 10.1. The van der Waals surface area contributed by atoms with E-state index in [0.717, 1.165) is 23.6 Å². The Balaban J connectivity index is 1.75. The van der Waals surface area contributed by atoms with E-state index in [1.807, 2.05) is 42.6 Å². The van der Waals surface area contributed by atoms with Crippen LogP contribution in [0.5, 0.6) is 11.5 Å². The Morgan fingerprint density at radius 3 is 2.58 bits per heavy atom. The minimum atomic E-state index is -0.0326. The molecule has 1 atom stereocenters. The lowest BCUT2D eigenvalue weighted by atomic mass is 10.1. The van der Waals surface area contributed by atoms with Gasteiger partial charge < -0.3 is 20.1 Å². The van der Waals surface area contributed by atoms with Gasteiger partial charge in [0.2, 0.25) is 11.9 Å². The predicted octanol–water partition coefficient (Wildman–Crippen LogP) is 3.75. The number of hydrogen-bond acceptors (Lipinski definition) is 9. The lowest BCUT2D eigenvalue weighted by Crippen LogP contribution is -2.29. The average molecular weight is 443 g/mol. The van der Waals surface area contributed by atoms with E-state index in [4.69, 9.17) is 15.2 Å². The summed E-state index contributed by atoms with van der Waals surface area (Å²) in [6.45, 7) is 6.25. The molecule has 0 saturated heterocycles. The lowest BCUT2D eigenvalue weighted by molar-refractivity contribution is 0.204. The van der Waals surface area contributed by atoms with Crippen LogP contribution in [0.15, 0.2) is 35.7 Å². The van der Waals surface area contributed by atoms with Crippen LogP contribution in [-0.4, -0.2) is 47.6 Å². The van der Waals surface area contributed by atoms with Gasteiger partial charge in [-0.2, -0.15) is 15.0 Å². The summed E-state index contributed by atoms with van der Waals surface area (Å²) in [5.74, 6) is 2.89. The number of aromatic nitrogens is 3. The average Bonchev–Trinajstić information content (AvgIpc) is 3.29. The van der Waals surface area contributed by atoms with Crippen LogP contribution in [0.25, 0.3) is 0 Å². The molecule has 0 fully saturated rings. The van der Waals surface area contributed by atoms with Gasteiger partial charge in [0.1, 0.15) is 6.61 Å². The van der Waals surface area contributed by atoms with Crippen molar-refractivity contribution in [1.29, 1.82) is 0 Å². The third-order valence-electron chi connectivity index (χ3n) is 4.95. The highest BCUT2D eigenvalue weighted by atomic mass is 32.1. The number of methoxy groups -OCH3 is 1. The Hall–Kier alpha value is -2.91. The fourth-order valence-corrected chi connectivity index (χ4v) is 3.79. The summed E-state index contributed by atoms with van der Waals surface area (Å²) < 4.78 is 11.5. The van der Waals surface area contributed by atoms with Crippen molar-refractivity contribution in [2.45, 2.75) is 33.0 Å². The Kier molecular flexibility index (Phi) is 7.64. The van der Waals surface area contributed by atoms with Crippen LogP contribution in [0, 0.1) is 0 Å². The van der Waals surface area contributed by atoms with E-state index in [1.54, 1.807) is 18.4 Å². The molecule has 31 heavy (non-hydrogen) atoms. The zero-order valence-electron chi connectivity index (χ0n) is 18.7. The third-order valence-corrected chi connectivity index (χ3v) is 5.80. The number of nitrogens with zero attached hydrogens (tertiary/aromatic N) is 5. The normalized spacial score (nSPS) is 12.1. The van der Waals surface area contributed by atoms with Gasteiger partial charge in [0, 0.05) is 25.5 Å². The summed E-state index contributed by atoms with van der Waals surface area (Å²) in [7, 11) is 5.43. The summed E-state index contributed by atoms with van der Waals surface area (Å²) in [5.41, 5.74) is 7.02. The Bertz CT molecular complexity index is 980. The van der Waals surface area contributed by atoms with Gasteiger partial charge in [0.25, 0.3) is 0 Å². The molecule has 0 amide bonds. The SMILES string of the molecule is CCN(Cc1ccc(OCc2cccs2)c(OC)c1)[C@H](C)c1nc(N)nc(N(C)C)n1. The Morgan fingerprint density at radius 1 is 1.13 bits per heavy atom.